The molecule has 2 rings (SSSR count). The first kappa shape index (κ1) is 18.7. The summed E-state index contributed by atoms with van der Waals surface area (Å²) in [6.45, 7) is 0.986. The highest BCUT2D eigenvalue weighted by Gasteiger charge is 2.10. The number of anilines is 2. The van der Waals surface area contributed by atoms with E-state index in [1.165, 1.54) is 12.1 Å². The molecule has 0 atom stereocenters. The third-order valence-corrected chi connectivity index (χ3v) is 3.72. The molecule has 0 aliphatic heterocycles. The summed E-state index contributed by atoms with van der Waals surface area (Å²) in [6, 6.07) is 14.6. The van der Waals surface area contributed by atoms with E-state index in [9.17, 15) is 9.18 Å². The molecule has 0 aromatic heterocycles. The van der Waals surface area contributed by atoms with Crippen molar-refractivity contribution >= 4 is 17.3 Å². The summed E-state index contributed by atoms with van der Waals surface area (Å²) in [5.41, 5.74) is 2.12. The van der Waals surface area contributed by atoms with Crippen LogP contribution in [-0.4, -0.2) is 38.5 Å². The van der Waals surface area contributed by atoms with Crippen molar-refractivity contribution in [3.05, 3.63) is 72.1 Å². The van der Waals surface area contributed by atoms with Crippen molar-refractivity contribution in [3.63, 3.8) is 0 Å². The van der Waals surface area contributed by atoms with Gasteiger partial charge in [0, 0.05) is 31.9 Å². The maximum Gasteiger partial charge on any atom is 0.243 e. The van der Waals surface area contributed by atoms with Crippen LogP contribution >= 0.6 is 0 Å². The van der Waals surface area contributed by atoms with Gasteiger partial charge >= 0.3 is 0 Å². The highest BCUT2D eigenvalue weighted by atomic mass is 19.1. The van der Waals surface area contributed by atoms with Crippen LogP contribution in [0.3, 0.4) is 0 Å². The highest BCUT2D eigenvalue weighted by Crippen LogP contribution is 2.26. The van der Waals surface area contributed by atoms with Crippen LogP contribution in [0.25, 0.3) is 0 Å². The van der Waals surface area contributed by atoms with Gasteiger partial charge in [-0.1, -0.05) is 30.3 Å². The van der Waals surface area contributed by atoms with Crippen LogP contribution in [0.2, 0.25) is 0 Å². The number of para-hydroxylation sites is 1. The number of likely N-dealkylation sites (N-methyl/N-ethyl adjacent to an activating group) is 1. The van der Waals surface area contributed by atoms with Crippen molar-refractivity contribution < 1.29 is 9.18 Å². The van der Waals surface area contributed by atoms with E-state index in [1.54, 1.807) is 17.0 Å². The zero-order chi connectivity index (χ0) is 18.2. The molecule has 4 nitrogen and oxygen atoms in total. The average Bonchev–Trinajstić information content (AvgIpc) is 2.60. The Morgan fingerprint density at radius 3 is 2.48 bits per heavy atom. The molecule has 132 valence electrons. The van der Waals surface area contributed by atoms with Gasteiger partial charge in [-0.05, 0) is 43.9 Å². The molecular formula is C20H24FN3O. The number of rotatable bonds is 7. The van der Waals surface area contributed by atoms with E-state index >= 15 is 0 Å². The van der Waals surface area contributed by atoms with Crippen LogP contribution in [0.5, 0.6) is 0 Å². The maximum atomic E-state index is 14.4. The Balaban J connectivity index is 1.97. The Labute approximate surface area is 148 Å². The lowest BCUT2D eigenvalue weighted by Crippen LogP contribution is -2.21. The number of halogens is 1. The smallest absolute Gasteiger partial charge is 0.243 e. The molecule has 0 spiro atoms. The van der Waals surface area contributed by atoms with Crippen LogP contribution in [0.15, 0.2) is 60.7 Å². The van der Waals surface area contributed by atoms with Gasteiger partial charge in [0.25, 0.3) is 0 Å². The SMILES string of the molecule is CN(C)C/C=C/C(=O)NCc1ccc(N(C)c2ccccc2)c(F)c1. The maximum absolute atomic E-state index is 14.4. The lowest BCUT2D eigenvalue weighted by atomic mass is 10.1. The van der Waals surface area contributed by atoms with E-state index in [0.29, 0.717) is 12.2 Å². The minimum atomic E-state index is -0.318. The number of nitrogens with one attached hydrogen (secondary N) is 1. The molecule has 0 heterocycles. The number of hydrogen-bond acceptors (Lipinski definition) is 3. The van der Waals surface area contributed by atoms with Crippen LogP contribution in [-0.2, 0) is 11.3 Å². The summed E-state index contributed by atoms with van der Waals surface area (Å²) in [5.74, 6) is -0.506. The molecule has 25 heavy (non-hydrogen) atoms. The second-order valence-corrected chi connectivity index (χ2v) is 6.06. The molecule has 0 radical (unpaired) electrons. The van der Waals surface area contributed by atoms with E-state index in [4.69, 9.17) is 0 Å². The summed E-state index contributed by atoms with van der Waals surface area (Å²) >= 11 is 0. The van der Waals surface area contributed by atoms with E-state index in [1.807, 2.05) is 62.4 Å². The lowest BCUT2D eigenvalue weighted by molar-refractivity contribution is -0.116. The van der Waals surface area contributed by atoms with E-state index in [-0.39, 0.29) is 18.3 Å². The Bertz CT molecular complexity index is 729. The summed E-state index contributed by atoms with van der Waals surface area (Å²) in [7, 11) is 5.68. The average molecular weight is 341 g/mol. The minimum absolute atomic E-state index is 0.187. The molecule has 0 aliphatic rings. The number of carbonyl (C=O) groups excluding carboxylic acids is 1. The Morgan fingerprint density at radius 1 is 1.12 bits per heavy atom. The van der Waals surface area contributed by atoms with Gasteiger partial charge in [-0.3, -0.25) is 4.79 Å². The summed E-state index contributed by atoms with van der Waals surface area (Å²) in [4.78, 5) is 15.5. The fourth-order valence-corrected chi connectivity index (χ4v) is 2.34. The molecule has 0 aliphatic carbocycles. The summed E-state index contributed by atoms with van der Waals surface area (Å²) < 4.78 is 14.4. The first-order chi connectivity index (χ1) is 12.0. The normalized spacial score (nSPS) is 11.1. The second-order valence-electron chi connectivity index (χ2n) is 6.06. The molecule has 1 amide bonds. The first-order valence-corrected chi connectivity index (χ1v) is 8.13. The molecular weight excluding hydrogens is 317 g/mol. The van der Waals surface area contributed by atoms with Crippen LogP contribution in [0, 0.1) is 5.82 Å². The summed E-state index contributed by atoms with van der Waals surface area (Å²) in [6.07, 6.45) is 3.28. The van der Waals surface area contributed by atoms with Crippen LogP contribution in [0.1, 0.15) is 5.56 Å². The first-order valence-electron chi connectivity index (χ1n) is 8.13. The van der Waals surface area contributed by atoms with Crippen LogP contribution < -0.4 is 10.2 Å². The molecule has 0 unspecified atom stereocenters. The van der Waals surface area contributed by atoms with Crippen molar-refractivity contribution in [2.45, 2.75) is 6.54 Å². The van der Waals surface area contributed by atoms with Crippen molar-refractivity contribution in [3.8, 4) is 0 Å². The number of nitrogens with zero attached hydrogens (tertiary/aromatic N) is 2. The fraction of sp³-hybridized carbons (Fsp3) is 0.250. The topological polar surface area (TPSA) is 35.6 Å². The minimum Gasteiger partial charge on any atom is -0.348 e. The van der Waals surface area contributed by atoms with Gasteiger partial charge in [0.1, 0.15) is 5.82 Å². The summed E-state index contributed by atoms with van der Waals surface area (Å²) in [5, 5.41) is 2.76. The number of hydrogen-bond donors (Lipinski definition) is 1. The Hall–Kier alpha value is -2.66. The predicted octanol–water partition coefficient (Wildman–Crippen LogP) is 3.33. The van der Waals surface area contributed by atoms with Gasteiger partial charge in [0.05, 0.1) is 5.69 Å². The molecule has 0 bridgehead atoms. The van der Waals surface area contributed by atoms with E-state index in [2.05, 4.69) is 5.32 Å². The third-order valence-electron chi connectivity index (χ3n) is 3.72. The van der Waals surface area contributed by atoms with Gasteiger partial charge in [-0.2, -0.15) is 0 Å². The molecule has 0 saturated heterocycles. The second kappa shape index (κ2) is 8.99. The van der Waals surface area contributed by atoms with Gasteiger partial charge < -0.3 is 15.1 Å². The lowest BCUT2D eigenvalue weighted by Gasteiger charge is -2.20. The Morgan fingerprint density at radius 2 is 1.84 bits per heavy atom. The van der Waals surface area contributed by atoms with Gasteiger partial charge in [-0.15, -0.1) is 0 Å². The molecule has 2 aromatic rings. The largest absolute Gasteiger partial charge is 0.348 e. The van der Waals surface area contributed by atoms with E-state index < -0.39 is 0 Å². The molecule has 2 aromatic carbocycles. The van der Waals surface area contributed by atoms with E-state index in [0.717, 1.165) is 11.3 Å². The molecule has 0 saturated carbocycles. The van der Waals surface area contributed by atoms with Gasteiger partial charge in [0.2, 0.25) is 5.91 Å². The van der Waals surface area contributed by atoms with Gasteiger partial charge in [0.15, 0.2) is 0 Å². The van der Waals surface area contributed by atoms with Crippen molar-refractivity contribution in [1.82, 2.24) is 10.2 Å². The van der Waals surface area contributed by atoms with Crippen LogP contribution in [0.4, 0.5) is 15.8 Å². The monoisotopic (exact) mass is 341 g/mol. The zero-order valence-corrected chi connectivity index (χ0v) is 14.9. The number of benzene rings is 2. The fourth-order valence-electron chi connectivity index (χ4n) is 2.34. The highest BCUT2D eigenvalue weighted by molar-refractivity contribution is 5.87. The van der Waals surface area contributed by atoms with Crippen molar-refractivity contribution in [2.75, 3.05) is 32.6 Å². The third kappa shape index (κ3) is 5.72. The quantitative estimate of drug-likeness (QED) is 0.785. The number of amides is 1. The molecule has 1 N–H and O–H groups in total. The molecule has 0 fully saturated rings. The van der Waals surface area contributed by atoms with Crippen molar-refractivity contribution in [2.24, 2.45) is 0 Å². The Kier molecular flexibility index (Phi) is 6.71. The number of carbonyl (C=O) groups is 1. The van der Waals surface area contributed by atoms with Crippen molar-refractivity contribution in [1.29, 1.82) is 0 Å². The standard InChI is InChI=1S/C20H24FN3O/c1-23(2)13-7-10-20(25)22-15-16-11-12-19(18(21)14-16)24(3)17-8-5-4-6-9-17/h4-12,14H,13,15H2,1-3H3,(H,22,25)/b10-7+. The van der Waals surface area contributed by atoms with Gasteiger partial charge in [-0.25, -0.2) is 4.39 Å². The molecule has 5 heteroatoms. The predicted molar refractivity (Wildman–Crippen MR) is 100 cm³/mol. The zero-order valence-electron chi connectivity index (χ0n) is 14.9.